The fraction of sp³-hybridized carbons (Fsp3) is 0.857. The fourth-order valence-electron chi connectivity index (χ4n) is 3.14. The molecule has 1 saturated carbocycles. The molecule has 1 fully saturated rings. The molecule has 1 atom stereocenters. The third kappa shape index (κ3) is 2.06. The van der Waals surface area contributed by atoms with Crippen LogP contribution in [0.5, 0.6) is 0 Å². The number of rotatable bonds is 5. The van der Waals surface area contributed by atoms with E-state index in [4.69, 9.17) is 6.42 Å². The Labute approximate surface area is 95.0 Å². The monoisotopic (exact) mass is 207 g/mol. The van der Waals surface area contributed by atoms with Crippen molar-refractivity contribution in [2.24, 2.45) is 16.7 Å². The molecule has 0 radical (unpaired) electrons. The van der Waals surface area contributed by atoms with Gasteiger partial charge in [0.05, 0.1) is 0 Å². The van der Waals surface area contributed by atoms with E-state index in [-0.39, 0.29) is 0 Å². The number of hydrogen-bond acceptors (Lipinski definition) is 1. The lowest BCUT2D eigenvalue weighted by Gasteiger charge is -2.19. The SMILES string of the molecule is C#CCCC(NCC)C1C(C)(C)C1(C)C. The van der Waals surface area contributed by atoms with Gasteiger partial charge in [0.1, 0.15) is 0 Å². The van der Waals surface area contributed by atoms with Gasteiger partial charge in [-0.05, 0) is 29.7 Å². The van der Waals surface area contributed by atoms with Crippen molar-refractivity contribution in [3.05, 3.63) is 0 Å². The summed E-state index contributed by atoms with van der Waals surface area (Å²) in [5.41, 5.74) is 0.906. The Morgan fingerprint density at radius 3 is 2.13 bits per heavy atom. The average molecular weight is 207 g/mol. The number of nitrogens with one attached hydrogen (secondary N) is 1. The maximum atomic E-state index is 5.35. The summed E-state index contributed by atoms with van der Waals surface area (Å²) in [5, 5.41) is 3.60. The second-order valence-corrected chi connectivity index (χ2v) is 5.83. The molecule has 0 bridgehead atoms. The smallest absolute Gasteiger partial charge is 0.0115 e. The lowest BCUT2D eigenvalue weighted by molar-refractivity contribution is 0.387. The van der Waals surface area contributed by atoms with E-state index >= 15 is 0 Å². The van der Waals surface area contributed by atoms with Crippen molar-refractivity contribution in [3.8, 4) is 12.3 Å². The molecule has 1 N–H and O–H groups in total. The van der Waals surface area contributed by atoms with Gasteiger partial charge in [-0.2, -0.15) is 0 Å². The van der Waals surface area contributed by atoms with Gasteiger partial charge >= 0.3 is 0 Å². The maximum absolute atomic E-state index is 5.35. The van der Waals surface area contributed by atoms with E-state index in [0.717, 1.165) is 25.3 Å². The number of terminal acetylenes is 1. The van der Waals surface area contributed by atoms with Crippen LogP contribution in [0, 0.1) is 29.1 Å². The van der Waals surface area contributed by atoms with Crippen molar-refractivity contribution < 1.29 is 0 Å². The van der Waals surface area contributed by atoms with Crippen molar-refractivity contribution in [1.82, 2.24) is 5.32 Å². The Kier molecular flexibility index (Phi) is 3.51. The molecule has 1 nitrogen and oxygen atoms in total. The third-order valence-electron chi connectivity index (χ3n) is 4.60. The highest BCUT2D eigenvalue weighted by Crippen LogP contribution is 2.69. The van der Waals surface area contributed by atoms with Crippen molar-refractivity contribution in [2.75, 3.05) is 6.54 Å². The standard InChI is InChI=1S/C14H25N/c1-7-9-10-11(15-8-2)12-13(3,4)14(12,5)6/h1,11-12,15H,8-10H2,2-6H3. The Hall–Kier alpha value is -0.480. The zero-order chi connectivity index (χ0) is 11.7. The highest BCUT2D eigenvalue weighted by molar-refractivity contribution is 5.16. The maximum Gasteiger partial charge on any atom is 0.0115 e. The zero-order valence-electron chi connectivity index (χ0n) is 10.9. The molecule has 0 amide bonds. The third-order valence-corrected chi connectivity index (χ3v) is 4.60. The van der Waals surface area contributed by atoms with Gasteiger partial charge in [-0.3, -0.25) is 0 Å². The minimum Gasteiger partial charge on any atom is -0.314 e. The molecule has 0 aromatic rings. The Balaban J connectivity index is 2.63. The first-order valence-electron chi connectivity index (χ1n) is 6.06. The molecule has 0 spiro atoms. The van der Waals surface area contributed by atoms with E-state index in [1.54, 1.807) is 0 Å². The summed E-state index contributed by atoms with van der Waals surface area (Å²) in [6.07, 6.45) is 7.35. The molecular formula is C14H25N. The molecule has 1 unspecified atom stereocenters. The normalized spacial score (nSPS) is 24.5. The van der Waals surface area contributed by atoms with E-state index in [1.165, 1.54) is 0 Å². The molecule has 1 rings (SSSR count). The van der Waals surface area contributed by atoms with Crippen molar-refractivity contribution in [1.29, 1.82) is 0 Å². The highest BCUT2D eigenvalue weighted by atomic mass is 15.0. The molecule has 0 aromatic carbocycles. The van der Waals surface area contributed by atoms with Crippen molar-refractivity contribution >= 4 is 0 Å². The van der Waals surface area contributed by atoms with Gasteiger partial charge < -0.3 is 5.32 Å². The van der Waals surface area contributed by atoms with Gasteiger partial charge in [0.15, 0.2) is 0 Å². The summed E-state index contributed by atoms with van der Waals surface area (Å²) < 4.78 is 0. The molecule has 1 aliphatic carbocycles. The molecule has 1 aliphatic rings. The zero-order valence-corrected chi connectivity index (χ0v) is 10.9. The summed E-state index contributed by atoms with van der Waals surface area (Å²) in [5.74, 6) is 3.52. The van der Waals surface area contributed by atoms with E-state index < -0.39 is 0 Å². The first kappa shape index (κ1) is 12.6. The summed E-state index contributed by atoms with van der Waals surface area (Å²) in [7, 11) is 0. The van der Waals surface area contributed by atoms with Crippen molar-refractivity contribution in [3.63, 3.8) is 0 Å². The summed E-state index contributed by atoms with van der Waals surface area (Å²) >= 11 is 0. The van der Waals surface area contributed by atoms with E-state index in [9.17, 15) is 0 Å². The lowest BCUT2D eigenvalue weighted by Crippen LogP contribution is -2.33. The summed E-state index contributed by atoms with van der Waals surface area (Å²) in [6.45, 7) is 12.7. The topological polar surface area (TPSA) is 12.0 Å². The van der Waals surface area contributed by atoms with Crippen LogP contribution in [0.15, 0.2) is 0 Å². The molecule has 0 heterocycles. The quantitative estimate of drug-likeness (QED) is 0.683. The Bertz CT molecular complexity index is 243. The Morgan fingerprint density at radius 1 is 1.27 bits per heavy atom. The van der Waals surface area contributed by atoms with E-state index in [1.807, 2.05) is 0 Å². The molecule has 1 heteroatoms. The summed E-state index contributed by atoms with van der Waals surface area (Å²) in [4.78, 5) is 0. The highest BCUT2D eigenvalue weighted by Gasteiger charge is 2.66. The van der Waals surface area contributed by atoms with Gasteiger partial charge in [-0.15, -0.1) is 12.3 Å². The van der Waals surface area contributed by atoms with Crippen molar-refractivity contribution in [2.45, 2.75) is 53.5 Å². The van der Waals surface area contributed by atoms with Gasteiger partial charge in [0.25, 0.3) is 0 Å². The van der Waals surface area contributed by atoms with E-state index in [2.05, 4.69) is 45.9 Å². The van der Waals surface area contributed by atoms with Gasteiger partial charge in [0.2, 0.25) is 0 Å². The summed E-state index contributed by atoms with van der Waals surface area (Å²) in [6, 6.07) is 0.594. The van der Waals surface area contributed by atoms with Crippen LogP contribution >= 0.6 is 0 Å². The van der Waals surface area contributed by atoms with Crippen LogP contribution in [0.25, 0.3) is 0 Å². The van der Waals surface area contributed by atoms with Crippen LogP contribution in [0.1, 0.15) is 47.5 Å². The van der Waals surface area contributed by atoms with Crippen LogP contribution < -0.4 is 5.32 Å². The van der Waals surface area contributed by atoms with Crippen LogP contribution in [0.4, 0.5) is 0 Å². The second kappa shape index (κ2) is 4.18. The van der Waals surface area contributed by atoms with Gasteiger partial charge in [-0.25, -0.2) is 0 Å². The number of hydrogen-bond donors (Lipinski definition) is 1. The molecule has 0 aromatic heterocycles. The van der Waals surface area contributed by atoms with Crippen LogP contribution in [0.2, 0.25) is 0 Å². The van der Waals surface area contributed by atoms with Crippen LogP contribution in [-0.2, 0) is 0 Å². The Morgan fingerprint density at radius 2 is 1.80 bits per heavy atom. The minimum atomic E-state index is 0.453. The van der Waals surface area contributed by atoms with Crippen LogP contribution in [-0.4, -0.2) is 12.6 Å². The molecular weight excluding hydrogens is 182 g/mol. The first-order valence-corrected chi connectivity index (χ1v) is 6.06. The first-order chi connectivity index (χ1) is 6.89. The minimum absolute atomic E-state index is 0.453. The van der Waals surface area contributed by atoms with E-state index in [0.29, 0.717) is 16.9 Å². The molecule has 0 aliphatic heterocycles. The van der Waals surface area contributed by atoms with Gasteiger partial charge in [-0.1, -0.05) is 34.6 Å². The largest absolute Gasteiger partial charge is 0.314 e. The van der Waals surface area contributed by atoms with Crippen LogP contribution in [0.3, 0.4) is 0 Å². The predicted octanol–water partition coefficient (Wildman–Crippen LogP) is 3.06. The molecule has 15 heavy (non-hydrogen) atoms. The molecule has 86 valence electrons. The van der Waals surface area contributed by atoms with Gasteiger partial charge in [0, 0.05) is 12.5 Å². The fourth-order valence-corrected chi connectivity index (χ4v) is 3.14. The molecule has 0 saturated heterocycles. The second-order valence-electron chi connectivity index (χ2n) is 5.83. The average Bonchev–Trinajstić information content (AvgIpc) is 2.53. The lowest BCUT2D eigenvalue weighted by atomic mass is 10.00. The predicted molar refractivity (Wildman–Crippen MR) is 66.6 cm³/mol.